The number of amides is 1. The first-order chi connectivity index (χ1) is 8.31. The van der Waals surface area contributed by atoms with Crippen molar-refractivity contribution >= 4 is 11.6 Å². The molecule has 0 spiro atoms. The maximum Gasteiger partial charge on any atom is 0.228 e. The Labute approximate surface area is 101 Å². The molecule has 1 atom stereocenters. The molecule has 17 heavy (non-hydrogen) atoms. The van der Waals surface area contributed by atoms with E-state index in [0.717, 1.165) is 31.5 Å². The summed E-state index contributed by atoms with van der Waals surface area (Å²) in [6.07, 6.45) is 1.97. The molecule has 2 rings (SSSR count). The van der Waals surface area contributed by atoms with Crippen LogP contribution >= 0.6 is 0 Å². The predicted octanol–water partition coefficient (Wildman–Crippen LogP) is 1.12. The first-order valence-corrected chi connectivity index (χ1v) is 6.01. The number of carbonyl (C=O) groups excluding carboxylic acids is 1. The lowest BCUT2D eigenvalue weighted by molar-refractivity contribution is -0.120. The third-order valence-electron chi connectivity index (χ3n) is 3.11. The van der Waals surface area contributed by atoms with E-state index in [1.165, 1.54) is 0 Å². The van der Waals surface area contributed by atoms with Gasteiger partial charge in [-0.1, -0.05) is 18.2 Å². The van der Waals surface area contributed by atoms with Crippen molar-refractivity contribution in [1.82, 2.24) is 5.32 Å². The molecular formula is C13H18N2O2. The van der Waals surface area contributed by atoms with Crippen molar-refractivity contribution in [1.29, 1.82) is 0 Å². The molecule has 4 nitrogen and oxygen atoms in total. The molecule has 1 aliphatic heterocycles. The van der Waals surface area contributed by atoms with Crippen LogP contribution in [0.25, 0.3) is 0 Å². The van der Waals surface area contributed by atoms with Gasteiger partial charge in [-0.3, -0.25) is 4.79 Å². The zero-order chi connectivity index (χ0) is 12.1. The Kier molecular flexibility index (Phi) is 4.12. The highest BCUT2D eigenvalue weighted by Crippen LogP contribution is 2.18. The molecule has 0 radical (unpaired) electrons. The molecule has 1 aliphatic rings. The third kappa shape index (κ3) is 3.05. The van der Waals surface area contributed by atoms with Crippen LogP contribution in [-0.4, -0.2) is 24.1 Å². The highest BCUT2D eigenvalue weighted by molar-refractivity contribution is 5.93. The second-order valence-corrected chi connectivity index (χ2v) is 4.35. The molecule has 0 unspecified atom stereocenters. The fourth-order valence-electron chi connectivity index (χ4n) is 2.09. The molecule has 1 aromatic rings. The van der Waals surface area contributed by atoms with E-state index < -0.39 is 0 Å². The summed E-state index contributed by atoms with van der Waals surface area (Å²) in [5, 5.41) is 15.3. The number of aliphatic hydroxyl groups excluding tert-OH is 1. The minimum atomic E-state index is -0.0562. The topological polar surface area (TPSA) is 61.4 Å². The summed E-state index contributed by atoms with van der Waals surface area (Å²) in [5.41, 5.74) is 1.47. The van der Waals surface area contributed by atoms with Crippen LogP contribution in [0.1, 0.15) is 18.4 Å². The normalized spacial score (nSPS) is 19.9. The van der Waals surface area contributed by atoms with Crippen LogP contribution in [0.4, 0.5) is 5.69 Å². The molecule has 0 bridgehead atoms. The lowest BCUT2D eigenvalue weighted by atomic mass is 9.98. The van der Waals surface area contributed by atoms with Crippen LogP contribution in [0.3, 0.4) is 0 Å². The number of aliphatic hydroxyl groups is 1. The molecule has 92 valence electrons. The van der Waals surface area contributed by atoms with Crippen molar-refractivity contribution in [3.63, 3.8) is 0 Å². The first kappa shape index (κ1) is 12.1. The Hall–Kier alpha value is -1.39. The van der Waals surface area contributed by atoms with Crippen LogP contribution in [0, 0.1) is 5.92 Å². The zero-order valence-electron chi connectivity index (χ0n) is 9.78. The van der Waals surface area contributed by atoms with E-state index in [0.29, 0.717) is 5.69 Å². The monoisotopic (exact) mass is 234 g/mol. The fourth-order valence-corrected chi connectivity index (χ4v) is 2.09. The minimum Gasteiger partial charge on any atom is -0.392 e. The van der Waals surface area contributed by atoms with Crippen molar-refractivity contribution < 1.29 is 9.90 Å². The summed E-state index contributed by atoms with van der Waals surface area (Å²) in [5.74, 6) is 0.0774. The predicted molar refractivity (Wildman–Crippen MR) is 66.6 cm³/mol. The van der Waals surface area contributed by atoms with Gasteiger partial charge in [0.2, 0.25) is 5.91 Å². The lowest BCUT2D eigenvalue weighted by Gasteiger charge is -2.22. The van der Waals surface area contributed by atoms with Crippen LogP contribution in [-0.2, 0) is 11.4 Å². The largest absolute Gasteiger partial charge is 0.392 e. The van der Waals surface area contributed by atoms with Gasteiger partial charge in [0.15, 0.2) is 0 Å². The average molecular weight is 234 g/mol. The number of benzene rings is 1. The molecule has 1 heterocycles. The third-order valence-corrected chi connectivity index (χ3v) is 3.11. The van der Waals surface area contributed by atoms with Crippen molar-refractivity contribution in [2.45, 2.75) is 19.4 Å². The average Bonchev–Trinajstić information content (AvgIpc) is 2.40. The van der Waals surface area contributed by atoms with Crippen molar-refractivity contribution in [2.24, 2.45) is 5.92 Å². The Bertz CT molecular complexity index is 387. The van der Waals surface area contributed by atoms with E-state index in [1.807, 2.05) is 24.3 Å². The van der Waals surface area contributed by atoms with Gasteiger partial charge >= 0.3 is 0 Å². The Morgan fingerprint density at radius 3 is 3.00 bits per heavy atom. The van der Waals surface area contributed by atoms with Gasteiger partial charge in [0, 0.05) is 17.8 Å². The van der Waals surface area contributed by atoms with Crippen molar-refractivity contribution in [3.05, 3.63) is 29.8 Å². The summed E-state index contributed by atoms with van der Waals surface area (Å²) < 4.78 is 0. The summed E-state index contributed by atoms with van der Waals surface area (Å²) in [4.78, 5) is 12.0. The van der Waals surface area contributed by atoms with E-state index in [2.05, 4.69) is 10.6 Å². The van der Waals surface area contributed by atoms with Gasteiger partial charge in [0.1, 0.15) is 0 Å². The van der Waals surface area contributed by atoms with Crippen LogP contribution < -0.4 is 10.6 Å². The van der Waals surface area contributed by atoms with Gasteiger partial charge < -0.3 is 15.7 Å². The molecule has 4 heteroatoms. The number of carbonyl (C=O) groups is 1. The smallest absolute Gasteiger partial charge is 0.228 e. The van der Waals surface area contributed by atoms with Crippen molar-refractivity contribution in [2.75, 3.05) is 18.4 Å². The number of hydrogen-bond donors (Lipinski definition) is 3. The second kappa shape index (κ2) is 5.80. The number of rotatable bonds is 3. The van der Waals surface area contributed by atoms with Gasteiger partial charge in [-0.2, -0.15) is 0 Å². The molecule has 0 saturated carbocycles. The summed E-state index contributed by atoms with van der Waals surface area (Å²) in [6, 6.07) is 7.34. The summed E-state index contributed by atoms with van der Waals surface area (Å²) >= 11 is 0. The number of hydrogen-bond acceptors (Lipinski definition) is 3. The fraction of sp³-hybridized carbons (Fsp3) is 0.462. The van der Waals surface area contributed by atoms with E-state index >= 15 is 0 Å². The maximum atomic E-state index is 12.0. The molecule has 3 N–H and O–H groups in total. The second-order valence-electron chi connectivity index (χ2n) is 4.35. The first-order valence-electron chi connectivity index (χ1n) is 6.01. The molecule has 1 saturated heterocycles. The van der Waals surface area contributed by atoms with E-state index in [1.54, 1.807) is 0 Å². The van der Waals surface area contributed by atoms with Crippen LogP contribution in [0.2, 0.25) is 0 Å². The molecule has 1 aromatic carbocycles. The van der Waals surface area contributed by atoms with Crippen molar-refractivity contribution in [3.8, 4) is 0 Å². The van der Waals surface area contributed by atoms with Gasteiger partial charge in [-0.25, -0.2) is 0 Å². The molecule has 0 aromatic heterocycles. The van der Waals surface area contributed by atoms with Crippen LogP contribution in [0.15, 0.2) is 24.3 Å². The van der Waals surface area contributed by atoms with Crippen LogP contribution in [0.5, 0.6) is 0 Å². The minimum absolute atomic E-state index is 0.0375. The lowest BCUT2D eigenvalue weighted by Crippen LogP contribution is -2.37. The Morgan fingerprint density at radius 1 is 1.47 bits per heavy atom. The molecule has 1 amide bonds. The van der Waals surface area contributed by atoms with Gasteiger partial charge in [-0.15, -0.1) is 0 Å². The van der Waals surface area contributed by atoms with E-state index in [4.69, 9.17) is 0 Å². The van der Waals surface area contributed by atoms with E-state index in [9.17, 15) is 9.90 Å². The molecule has 1 fully saturated rings. The standard InChI is InChI=1S/C13H18N2O2/c16-9-11-4-1-2-6-12(11)15-13(17)10-5-3-7-14-8-10/h1-2,4,6,10,14,16H,3,5,7-9H2,(H,15,17)/t10-/m1/s1. The number of para-hydroxylation sites is 1. The van der Waals surface area contributed by atoms with Gasteiger partial charge in [0.05, 0.1) is 12.5 Å². The summed E-state index contributed by atoms with van der Waals surface area (Å²) in [6.45, 7) is 1.68. The highest BCUT2D eigenvalue weighted by atomic mass is 16.3. The SMILES string of the molecule is O=C(Nc1ccccc1CO)[C@@H]1CCCNC1. The quantitative estimate of drug-likeness (QED) is 0.734. The zero-order valence-corrected chi connectivity index (χ0v) is 9.78. The number of anilines is 1. The van der Waals surface area contributed by atoms with Gasteiger partial charge in [0.25, 0.3) is 0 Å². The maximum absolute atomic E-state index is 12.0. The number of nitrogens with one attached hydrogen (secondary N) is 2. The molecular weight excluding hydrogens is 216 g/mol. The summed E-state index contributed by atoms with van der Waals surface area (Å²) in [7, 11) is 0. The Balaban J connectivity index is 2.01. The van der Waals surface area contributed by atoms with Gasteiger partial charge in [-0.05, 0) is 25.5 Å². The van der Waals surface area contributed by atoms with E-state index in [-0.39, 0.29) is 18.4 Å². The number of piperidine rings is 1. The Morgan fingerprint density at radius 2 is 2.29 bits per heavy atom. The molecule has 0 aliphatic carbocycles. The highest BCUT2D eigenvalue weighted by Gasteiger charge is 2.21.